The average molecular weight is 498 g/mol. The second-order valence-corrected chi connectivity index (χ2v) is 12.2. The van der Waals surface area contributed by atoms with E-state index >= 15 is 0 Å². The van der Waals surface area contributed by atoms with Crippen LogP contribution in [0, 0.1) is 5.92 Å². The van der Waals surface area contributed by atoms with Crippen molar-refractivity contribution in [3.63, 3.8) is 0 Å². The van der Waals surface area contributed by atoms with E-state index in [9.17, 15) is 13.2 Å². The highest BCUT2D eigenvalue weighted by molar-refractivity contribution is 7.90. The number of anilines is 2. The molecule has 1 aromatic carbocycles. The van der Waals surface area contributed by atoms with Gasteiger partial charge in [-0.2, -0.15) is 0 Å². The van der Waals surface area contributed by atoms with Crippen LogP contribution in [0.25, 0.3) is 0 Å². The molecule has 9 heteroatoms. The number of hydrogen-bond donors (Lipinski definition) is 2. The van der Waals surface area contributed by atoms with E-state index in [1.54, 1.807) is 20.8 Å². The molecule has 1 fully saturated rings. The Bertz CT molecular complexity index is 834. The van der Waals surface area contributed by atoms with Crippen LogP contribution in [0.1, 0.15) is 60.3 Å². The van der Waals surface area contributed by atoms with Gasteiger partial charge in [0.15, 0.2) is 0 Å². The van der Waals surface area contributed by atoms with Crippen molar-refractivity contribution in [2.75, 3.05) is 49.7 Å². The summed E-state index contributed by atoms with van der Waals surface area (Å²) in [4.78, 5) is 15.0. The minimum Gasteiger partial charge on any atom is -0.380 e. The van der Waals surface area contributed by atoms with Crippen LogP contribution in [0.5, 0.6) is 0 Å². The molecule has 0 saturated heterocycles. The highest BCUT2D eigenvalue weighted by Gasteiger charge is 2.34. The number of benzene rings is 1. The molecule has 8 nitrogen and oxygen atoms in total. The minimum atomic E-state index is -3.38. The molecule has 1 aliphatic carbocycles. The van der Waals surface area contributed by atoms with Crippen LogP contribution in [0.4, 0.5) is 11.4 Å². The maximum Gasteiger partial charge on any atom is 0.227 e. The number of nitrogens with one attached hydrogen (secondary N) is 2. The summed E-state index contributed by atoms with van der Waals surface area (Å²) in [5.41, 5.74) is 1.82. The maximum absolute atomic E-state index is 12.8. The Kier molecular flexibility index (Phi) is 11.3. The Morgan fingerprint density at radius 1 is 0.971 bits per heavy atom. The third-order valence-corrected chi connectivity index (χ3v) is 8.40. The lowest BCUT2D eigenvalue weighted by atomic mass is 9.86. The summed E-state index contributed by atoms with van der Waals surface area (Å²) in [6.07, 6.45) is 2.68. The van der Waals surface area contributed by atoms with E-state index in [1.807, 2.05) is 38.1 Å². The first-order valence-electron chi connectivity index (χ1n) is 12.4. The van der Waals surface area contributed by atoms with Crippen molar-refractivity contribution in [1.29, 1.82) is 0 Å². The summed E-state index contributed by atoms with van der Waals surface area (Å²) in [6.45, 7) is 13.3. The SMILES string of the molecule is CCOCCN(CCOCC)c1ccc(NC(=O)[C@H]2CC[C@H](NS(=O)(=O)C(C)(C)C)CC2)cc1. The predicted octanol–water partition coefficient (Wildman–Crippen LogP) is 3.78. The fourth-order valence-electron chi connectivity index (χ4n) is 3.88. The van der Waals surface area contributed by atoms with Crippen LogP contribution in [0.2, 0.25) is 0 Å². The number of hydrogen-bond acceptors (Lipinski definition) is 6. The van der Waals surface area contributed by atoms with Gasteiger partial charge in [0.1, 0.15) is 0 Å². The molecule has 2 N–H and O–H groups in total. The molecular formula is C25H43N3O5S. The minimum absolute atomic E-state index is 0.00516. The third kappa shape index (κ3) is 8.83. The van der Waals surface area contributed by atoms with Gasteiger partial charge < -0.3 is 19.7 Å². The summed E-state index contributed by atoms with van der Waals surface area (Å²) in [7, 11) is -3.38. The number of sulfonamides is 1. The molecule has 34 heavy (non-hydrogen) atoms. The van der Waals surface area contributed by atoms with E-state index in [0.717, 1.165) is 24.5 Å². The van der Waals surface area contributed by atoms with Crippen LogP contribution < -0.4 is 14.9 Å². The lowest BCUT2D eigenvalue weighted by molar-refractivity contribution is -0.120. The zero-order valence-electron chi connectivity index (χ0n) is 21.4. The lowest BCUT2D eigenvalue weighted by Crippen LogP contribution is -2.46. The van der Waals surface area contributed by atoms with Crippen LogP contribution in [-0.4, -0.2) is 64.6 Å². The van der Waals surface area contributed by atoms with Crippen LogP contribution in [0.3, 0.4) is 0 Å². The number of carbonyl (C=O) groups excluding carboxylic acids is 1. The molecule has 2 rings (SSSR count). The van der Waals surface area contributed by atoms with E-state index in [-0.39, 0.29) is 17.9 Å². The van der Waals surface area contributed by atoms with Crippen molar-refractivity contribution in [3.8, 4) is 0 Å². The van der Waals surface area contributed by atoms with Crippen molar-refractivity contribution < 1.29 is 22.7 Å². The quantitative estimate of drug-likeness (QED) is 0.403. The van der Waals surface area contributed by atoms with Gasteiger partial charge in [-0.15, -0.1) is 0 Å². The second-order valence-electron chi connectivity index (χ2n) is 9.70. The number of ether oxygens (including phenoxy) is 2. The van der Waals surface area contributed by atoms with Crippen LogP contribution in [0.15, 0.2) is 24.3 Å². The fraction of sp³-hybridized carbons (Fsp3) is 0.720. The van der Waals surface area contributed by atoms with E-state index in [0.29, 0.717) is 52.1 Å². The number of nitrogens with zero attached hydrogens (tertiary/aromatic N) is 1. The first kappa shape index (κ1) is 28.6. The summed E-state index contributed by atoms with van der Waals surface area (Å²) in [5, 5.41) is 3.02. The zero-order valence-corrected chi connectivity index (χ0v) is 22.2. The number of amides is 1. The van der Waals surface area contributed by atoms with Gasteiger partial charge in [0.2, 0.25) is 15.9 Å². The first-order valence-corrected chi connectivity index (χ1v) is 13.9. The van der Waals surface area contributed by atoms with Gasteiger partial charge in [-0.05, 0) is 84.6 Å². The highest BCUT2D eigenvalue weighted by atomic mass is 32.2. The molecule has 0 bridgehead atoms. The predicted molar refractivity (Wildman–Crippen MR) is 138 cm³/mol. The molecule has 0 unspecified atom stereocenters. The average Bonchev–Trinajstić information content (AvgIpc) is 2.78. The Morgan fingerprint density at radius 3 is 1.97 bits per heavy atom. The Balaban J connectivity index is 1.88. The molecule has 1 saturated carbocycles. The van der Waals surface area contributed by atoms with E-state index < -0.39 is 14.8 Å². The topological polar surface area (TPSA) is 97.0 Å². The molecule has 194 valence electrons. The normalized spacial score (nSPS) is 19.1. The molecule has 1 aliphatic rings. The second kappa shape index (κ2) is 13.4. The smallest absolute Gasteiger partial charge is 0.227 e. The largest absolute Gasteiger partial charge is 0.380 e. The van der Waals surface area contributed by atoms with E-state index in [4.69, 9.17) is 9.47 Å². The molecule has 0 aliphatic heterocycles. The van der Waals surface area contributed by atoms with Crippen molar-refractivity contribution in [2.45, 2.75) is 71.1 Å². The maximum atomic E-state index is 12.8. The standard InChI is InChI=1S/C25H43N3O5S/c1-6-32-18-16-28(17-19-33-7-2)23-14-12-21(13-15-23)26-24(29)20-8-10-22(11-9-20)27-34(30,31)25(3,4)5/h12-15,20,22,27H,6-11,16-19H2,1-5H3,(H,26,29)/t20-,22-. The first-order chi connectivity index (χ1) is 16.1. The Hall–Kier alpha value is -1.68. The van der Waals surface area contributed by atoms with Gasteiger partial charge in [0.05, 0.1) is 18.0 Å². The molecule has 0 aromatic heterocycles. The van der Waals surface area contributed by atoms with E-state index in [2.05, 4.69) is 14.9 Å². The molecule has 1 aromatic rings. The van der Waals surface area contributed by atoms with Gasteiger partial charge in [0, 0.05) is 49.6 Å². The van der Waals surface area contributed by atoms with Gasteiger partial charge in [-0.3, -0.25) is 4.79 Å². The monoisotopic (exact) mass is 497 g/mol. The lowest BCUT2D eigenvalue weighted by Gasteiger charge is -2.30. The van der Waals surface area contributed by atoms with Gasteiger partial charge in [-0.25, -0.2) is 13.1 Å². The zero-order chi connectivity index (χ0) is 25.2. The molecule has 0 radical (unpaired) electrons. The van der Waals surface area contributed by atoms with Crippen molar-refractivity contribution in [1.82, 2.24) is 4.72 Å². The van der Waals surface area contributed by atoms with E-state index in [1.165, 1.54) is 0 Å². The molecule has 0 heterocycles. The van der Waals surface area contributed by atoms with Gasteiger partial charge in [0.25, 0.3) is 0 Å². The summed E-state index contributed by atoms with van der Waals surface area (Å²) in [6, 6.07) is 7.75. The molecule has 0 atom stereocenters. The fourth-order valence-corrected chi connectivity index (χ4v) is 4.91. The highest BCUT2D eigenvalue weighted by Crippen LogP contribution is 2.28. The van der Waals surface area contributed by atoms with Crippen molar-refractivity contribution in [3.05, 3.63) is 24.3 Å². The number of rotatable bonds is 13. The van der Waals surface area contributed by atoms with Crippen molar-refractivity contribution in [2.24, 2.45) is 5.92 Å². The summed E-state index contributed by atoms with van der Waals surface area (Å²) >= 11 is 0. The van der Waals surface area contributed by atoms with Crippen LogP contribution >= 0.6 is 0 Å². The Morgan fingerprint density at radius 2 is 1.50 bits per heavy atom. The van der Waals surface area contributed by atoms with Crippen LogP contribution in [-0.2, 0) is 24.3 Å². The van der Waals surface area contributed by atoms with Gasteiger partial charge >= 0.3 is 0 Å². The summed E-state index contributed by atoms with van der Waals surface area (Å²) < 4.78 is 37.8. The molecule has 0 spiro atoms. The third-order valence-electron chi connectivity index (χ3n) is 6.15. The van der Waals surface area contributed by atoms with Crippen molar-refractivity contribution >= 4 is 27.3 Å². The van der Waals surface area contributed by atoms with Gasteiger partial charge in [-0.1, -0.05) is 0 Å². The summed E-state index contributed by atoms with van der Waals surface area (Å²) in [5.74, 6) is -0.113. The Labute approximate surface area is 205 Å². The molecule has 1 amide bonds. The molecular weight excluding hydrogens is 454 g/mol. The number of carbonyl (C=O) groups is 1.